The van der Waals surface area contributed by atoms with Crippen LogP contribution in [0.4, 0.5) is 6.01 Å². The lowest BCUT2D eigenvalue weighted by Crippen LogP contribution is -2.53. The standard InChI is InChI=1S/C23H33N5O3/c1-3-26(4-2)21(29)17-25-13-15-27(16-14-25)22(30)18-9-11-28(12-10-18)23-24-19-7-5-6-8-20(19)31-23/h5-8,18H,3-4,9-17H2,1-2H3. The summed E-state index contributed by atoms with van der Waals surface area (Å²) in [5.41, 5.74) is 1.67. The van der Waals surface area contributed by atoms with Gasteiger partial charge < -0.3 is 19.1 Å². The molecule has 2 aliphatic heterocycles. The van der Waals surface area contributed by atoms with Crippen molar-refractivity contribution in [1.82, 2.24) is 19.7 Å². The van der Waals surface area contributed by atoms with E-state index in [1.54, 1.807) is 0 Å². The monoisotopic (exact) mass is 427 g/mol. The van der Waals surface area contributed by atoms with Gasteiger partial charge in [0.2, 0.25) is 11.8 Å². The maximum absolute atomic E-state index is 13.0. The lowest BCUT2D eigenvalue weighted by atomic mass is 9.95. The number of aromatic nitrogens is 1. The van der Waals surface area contributed by atoms with Crippen LogP contribution in [0, 0.1) is 5.92 Å². The number of rotatable bonds is 6. The molecule has 8 heteroatoms. The summed E-state index contributed by atoms with van der Waals surface area (Å²) in [6.45, 7) is 10.5. The highest BCUT2D eigenvalue weighted by molar-refractivity contribution is 5.80. The number of fused-ring (bicyclic) bond motifs is 1. The van der Waals surface area contributed by atoms with Gasteiger partial charge in [0.15, 0.2) is 5.58 Å². The first-order chi connectivity index (χ1) is 15.1. The van der Waals surface area contributed by atoms with E-state index in [0.29, 0.717) is 25.6 Å². The molecule has 3 heterocycles. The van der Waals surface area contributed by atoms with Crippen LogP contribution in [0.2, 0.25) is 0 Å². The Morgan fingerprint density at radius 2 is 1.71 bits per heavy atom. The van der Waals surface area contributed by atoms with E-state index in [1.807, 2.05) is 47.9 Å². The molecule has 0 saturated carbocycles. The van der Waals surface area contributed by atoms with Gasteiger partial charge >= 0.3 is 0 Å². The molecule has 8 nitrogen and oxygen atoms in total. The molecule has 2 fully saturated rings. The van der Waals surface area contributed by atoms with Crippen LogP contribution in [0.3, 0.4) is 0 Å². The molecule has 0 unspecified atom stereocenters. The number of carbonyl (C=O) groups is 2. The van der Waals surface area contributed by atoms with Crippen LogP contribution in [-0.4, -0.2) is 90.4 Å². The number of piperidine rings is 1. The summed E-state index contributed by atoms with van der Waals surface area (Å²) in [6, 6.07) is 8.43. The van der Waals surface area contributed by atoms with Crippen molar-refractivity contribution < 1.29 is 14.0 Å². The normalized spacial score (nSPS) is 18.5. The third-order valence-electron chi connectivity index (χ3n) is 6.56. The van der Waals surface area contributed by atoms with E-state index in [4.69, 9.17) is 4.42 Å². The van der Waals surface area contributed by atoms with Crippen molar-refractivity contribution in [3.8, 4) is 0 Å². The van der Waals surface area contributed by atoms with Crippen LogP contribution in [0.5, 0.6) is 0 Å². The lowest BCUT2D eigenvalue weighted by molar-refractivity contribution is -0.138. The second-order valence-electron chi connectivity index (χ2n) is 8.39. The molecular formula is C23H33N5O3. The number of oxazole rings is 1. The molecular weight excluding hydrogens is 394 g/mol. The Morgan fingerprint density at radius 1 is 1.03 bits per heavy atom. The quantitative estimate of drug-likeness (QED) is 0.703. The number of nitrogens with zero attached hydrogens (tertiary/aromatic N) is 5. The number of para-hydroxylation sites is 2. The second kappa shape index (κ2) is 9.68. The van der Waals surface area contributed by atoms with Gasteiger partial charge in [-0.15, -0.1) is 0 Å². The minimum Gasteiger partial charge on any atom is -0.423 e. The van der Waals surface area contributed by atoms with E-state index in [9.17, 15) is 9.59 Å². The Morgan fingerprint density at radius 3 is 2.35 bits per heavy atom. The molecule has 2 aromatic rings. The number of amides is 2. The Kier molecular flexibility index (Phi) is 6.75. The number of hydrogen-bond acceptors (Lipinski definition) is 6. The number of anilines is 1. The van der Waals surface area contributed by atoms with Gasteiger partial charge in [0.05, 0.1) is 6.54 Å². The number of hydrogen-bond donors (Lipinski definition) is 0. The number of carbonyl (C=O) groups excluding carboxylic acids is 2. The van der Waals surface area contributed by atoms with Crippen LogP contribution in [-0.2, 0) is 9.59 Å². The van der Waals surface area contributed by atoms with E-state index in [1.165, 1.54) is 0 Å². The maximum Gasteiger partial charge on any atom is 0.298 e. The zero-order chi connectivity index (χ0) is 21.8. The van der Waals surface area contributed by atoms with Gasteiger partial charge in [0, 0.05) is 58.3 Å². The van der Waals surface area contributed by atoms with E-state index >= 15 is 0 Å². The van der Waals surface area contributed by atoms with Crippen molar-refractivity contribution in [1.29, 1.82) is 0 Å². The molecule has 2 saturated heterocycles. The van der Waals surface area contributed by atoms with Crippen LogP contribution < -0.4 is 4.90 Å². The third-order valence-corrected chi connectivity index (χ3v) is 6.56. The Balaban J connectivity index is 1.24. The van der Waals surface area contributed by atoms with Crippen LogP contribution in [0.15, 0.2) is 28.7 Å². The topological polar surface area (TPSA) is 73.1 Å². The van der Waals surface area contributed by atoms with Gasteiger partial charge in [-0.05, 0) is 38.8 Å². The molecule has 0 radical (unpaired) electrons. The van der Waals surface area contributed by atoms with Crippen molar-refractivity contribution in [2.24, 2.45) is 5.92 Å². The highest BCUT2D eigenvalue weighted by Gasteiger charge is 2.32. The maximum atomic E-state index is 13.0. The number of likely N-dealkylation sites (N-methyl/N-ethyl adjacent to an activating group) is 1. The molecule has 4 rings (SSSR count). The van der Waals surface area contributed by atoms with Crippen LogP contribution >= 0.6 is 0 Å². The molecule has 0 atom stereocenters. The smallest absolute Gasteiger partial charge is 0.298 e. The summed E-state index contributed by atoms with van der Waals surface area (Å²) in [5, 5.41) is 0. The van der Waals surface area contributed by atoms with Gasteiger partial charge in [0.25, 0.3) is 6.01 Å². The van der Waals surface area contributed by atoms with Gasteiger partial charge in [-0.2, -0.15) is 4.98 Å². The van der Waals surface area contributed by atoms with Crippen LogP contribution in [0.1, 0.15) is 26.7 Å². The lowest BCUT2D eigenvalue weighted by Gasteiger charge is -2.38. The summed E-state index contributed by atoms with van der Waals surface area (Å²) < 4.78 is 5.88. The van der Waals surface area contributed by atoms with Gasteiger partial charge in [0.1, 0.15) is 5.52 Å². The van der Waals surface area contributed by atoms with Gasteiger partial charge in [-0.25, -0.2) is 0 Å². The molecule has 168 valence electrons. The minimum absolute atomic E-state index is 0.0597. The van der Waals surface area contributed by atoms with Crippen molar-refractivity contribution in [2.75, 3.05) is 63.8 Å². The molecule has 31 heavy (non-hydrogen) atoms. The summed E-state index contributed by atoms with van der Waals surface area (Å²) in [5.74, 6) is 0.493. The molecule has 0 aliphatic carbocycles. The first-order valence-corrected chi connectivity index (χ1v) is 11.5. The molecule has 1 aromatic carbocycles. The molecule has 1 aromatic heterocycles. The summed E-state index contributed by atoms with van der Waals surface area (Å²) in [6.07, 6.45) is 1.64. The first kappa shape index (κ1) is 21.6. The Labute approximate surface area is 183 Å². The van der Waals surface area contributed by atoms with Gasteiger partial charge in [-0.1, -0.05) is 12.1 Å². The predicted molar refractivity (Wildman–Crippen MR) is 120 cm³/mol. The highest BCUT2D eigenvalue weighted by atomic mass is 16.4. The fourth-order valence-electron chi connectivity index (χ4n) is 4.57. The van der Waals surface area contributed by atoms with Crippen LogP contribution in [0.25, 0.3) is 11.1 Å². The SMILES string of the molecule is CCN(CC)C(=O)CN1CCN(C(=O)C2CCN(c3nc4ccccc4o3)CC2)CC1. The van der Waals surface area contributed by atoms with Crippen molar-refractivity contribution in [3.63, 3.8) is 0 Å². The fourth-order valence-corrected chi connectivity index (χ4v) is 4.57. The van der Waals surface area contributed by atoms with E-state index in [-0.39, 0.29) is 17.7 Å². The molecule has 0 bridgehead atoms. The number of piperazine rings is 1. The highest BCUT2D eigenvalue weighted by Crippen LogP contribution is 2.27. The largest absolute Gasteiger partial charge is 0.423 e. The van der Waals surface area contributed by atoms with Crippen molar-refractivity contribution in [3.05, 3.63) is 24.3 Å². The van der Waals surface area contributed by atoms with E-state index < -0.39 is 0 Å². The Hall–Kier alpha value is -2.61. The van der Waals surface area contributed by atoms with E-state index in [2.05, 4.69) is 14.8 Å². The Bertz CT molecular complexity index is 861. The summed E-state index contributed by atoms with van der Waals surface area (Å²) in [7, 11) is 0. The van der Waals surface area contributed by atoms with Crippen molar-refractivity contribution >= 4 is 28.9 Å². The fraction of sp³-hybridized carbons (Fsp3) is 0.609. The van der Waals surface area contributed by atoms with Crippen molar-refractivity contribution in [2.45, 2.75) is 26.7 Å². The first-order valence-electron chi connectivity index (χ1n) is 11.5. The average molecular weight is 428 g/mol. The zero-order valence-electron chi connectivity index (χ0n) is 18.6. The predicted octanol–water partition coefficient (Wildman–Crippen LogP) is 2.06. The summed E-state index contributed by atoms with van der Waals surface area (Å²) in [4.78, 5) is 38.1. The second-order valence-corrected chi connectivity index (χ2v) is 8.39. The molecule has 2 aliphatic rings. The van der Waals surface area contributed by atoms with Gasteiger partial charge in [-0.3, -0.25) is 14.5 Å². The summed E-state index contributed by atoms with van der Waals surface area (Å²) >= 11 is 0. The zero-order valence-corrected chi connectivity index (χ0v) is 18.6. The molecule has 2 amide bonds. The average Bonchev–Trinajstić information content (AvgIpc) is 3.24. The third kappa shape index (κ3) is 4.84. The van der Waals surface area contributed by atoms with E-state index in [0.717, 1.165) is 63.2 Å². The number of benzene rings is 1. The molecule has 0 N–H and O–H groups in total. The molecule has 0 spiro atoms. The minimum atomic E-state index is 0.0597.